The van der Waals surface area contributed by atoms with Gasteiger partial charge in [-0.2, -0.15) is 0 Å². The summed E-state index contributed by atoms with van der Waals surface area (Å²) in [6, 6.07) is 4.36. The van der Waals surface area contributed by atoms with E-state index < -0.39 is 17.5 Å². The fourth-order valence-corrected chi connectivity index (χ4v) is 2.81. The standard InChI is InChI=1S/C16H17N3O4/c1-9-7-11(10(2)17-9)12(20)8-19-14(21)16(3,18-15(19)22)13-5-4-6-23-13/h4-7,17H,8H2,1-3H3,(H,18,22)/t16-/m1/s1. The molecule has 3 rings (SSSR count). The van der Waals surface area contributed by atoms with Gasteiger partial charge in [-0.05, 0) is 39.0 Å². The Kier molecular flexibility index (Phi) is 3.35. The minimum absolute atomic E-state index is 0.293. The predicted molar refractivity (Wildman–Crippen MR) is 80.9 cm³/mol. The molecule has 1 fully saturated rings. The molecule has 7 nitrogen and oxygen atoms in total. The van der Waals surface area contributed by atoms with E-state index in [0.717, 1.165) is 10.6 Å². The summed E-state index contributed by atoms with van der Waals surface area (Å²) in [4.78, 5) is 41.1. The average molecular weight is 315 g/mol. The van der Waals surface area contributed by atoms with Crippen molar-refractivity contribution >= 4 is 17.7 Å². The SMILES string of the molecule is Cc1cc(C(=O)CN2C(=O)N[C@](C)(c3ccco3)C2=O)c(C)[nH]1. The van der Waals surface area contributed by atoms with Gasteiger partial charge in [0.05, 0.1) is 12.8 Å². The van der Waals surface area contributed by atoms with Crippen molar-refractivity contribution in [2.24, 2.45) is 0 Å². The highest BCUT2D eigenvalue weighted by Gasteiger charge is 2.51. The fraction of sp³-hybridized carbons (Fsp3) is 0.312. The van der Waals surface area contributed by atoms with Crippen molar-refractivity contribution in [2.75, 3.05) is 6.54 Å². The molecule has 0 aliphatic carbocycles. The number of aromatic amines is 1. The van der Waals surface area contributed by atoms with Crippen molar-refractivity contribution in [3.8, 4) is 0 Å². The van der Waals surface area contributed by atoms with Crippen LogP contribution in [0.25, 0.3) is 0 Å². The van der Waals surface area contributed by atoms with Crippen LogP contribution in [-0.2, 0) is 10.3 Å². The number of carbonyl (C=O) groups is 3. The normalized spacial score (nSPS) is 20.9. The number of furan rings is 1. The van der Waals surface area contributed by atoms with E-state index in [2.05, 4.69) is 10.3 Å². The number of hydrogen-bond donors (Lipinski definition) is 2. The smallest absolute Gasteiger partial charge is 0.325 e. The molecule has 0 spiro atoms. The lowest BCUT2D eigenvalue weighted by atomic mass is 9.99. The van der Waals surface area contributed by atoms with E-state index in [1.54, 1.807) is 32.0 Å². The first-order valence-corrected chi connectivity index (χ1v) is 7.20. The predicted octanol–water partition coefficient (Wildman–Crippen LogP) is 1.87. The molecule has 0 bridgehead atoms. The molecule has 0 unspecified atom stereocenters. The lowest BCUT2D eigenvalue weighted by Crippen LogP contribution is -2.41. The molecule has 1 aliphatic heterocycles. The first-order chi connectivity index (χ1) is 10.8. The number of hydrogen-bond acceptors (Lipinski definition) is 4. The largest absolute Gasteiger partial charge is 0.466 e. The number of H-pyrrole nitrogens is 1. The summed E-state index contributed by atoms with van der Waals surface area (Å²) in [5, 5.41) is 2.59. The van der Waals surface area contributed by atoms with Crippen molar-refractivity contribution in [1.29, 1.82) is 0 Å². The van der Waals surface area contributed by atoms with Crippen molar-refractivity contribution in [1.82, 2.24) is 15.2 Å². The fourth-order valence-electron chi connectivity index (χ4n) is 2.81. The Morgan fingerprint density at radius 2 is 2.09 bits per heavy atom. The highest BCUT2D eigenvalue weighted by molar-refractivity contribution is 6.11. The second-order valence-electron chi connectivity index (χ2n) is 5.84. The zero-order valence-corrected chi connectivity index (χ0v) is 13.1. The molecule has 3 heterocycles. The third kappa shape index (κ3) is 2.34. The summed E-state index contributed by atoms with van der Waals surface area (Å²) in [5.74, 6) is -0.464. The second kappa shape index (κ2) is 5.12. The summed E-state index contributed by atoms with van der Waals surface area (Å²) in [7, 11) is 0. The van der Waals surface area contributed by atoms with Gasteiger partial charge < -0.3 is 14.7 Å². The summed E-state index contributed by atoms with van der Waals surface area (Å²) >= 11 is 0. The molecular weight excluding hydrogens is 298 g/mol. The topological polar surface area (TPSA) is 95.4 Å². The van der Waals surface area contributed by atoms with Gasteiger partial charge in [-0.15, -0.1) is 0 Å². The van der Waals surface area contributed by atoms with E-state index in [4.69, 9.17) is 4.42 Å². The molecule has 0 aromatic carbocycles. The van der Waals surface area contributed by atoms with Gasteiger partial charge in [0.15, 0.2) is 11.3 Å². The Morgan fingerprint density at radius 3 is 2.65 bits per heavy atom. The Hall–Kier alpha value is -2.83. The number of urea groups is 1. The number of Topliss-reactive ketones (excluding diaryl/α,β-unsaturated/α-hetero) is 1. The van der Waals surface area contributed by atoms with Crippen LogP contribution in [0.5, 0.6) is 0 Å². The molecule has 1 atom stereocenters. The summed E-state index contributed by atoms with van der Waals surface area (Å²) < 4.78 is 5.25. The number of carbonyl (C=O) groups excluding carboxylic acids is 3. The maximum absolute atomic E-state index is 12.6. The molecular formula is C16H17N3O4. The van der Waals surface area contributed by atoms with Crippen LogP contribution in [0.1, 0.15) is 34.4 Å². The molecule has 120 valence electrons. The van der Waals surface area contributed by atoms with Crippen LogP contribution >= 0.6 is 0 Å². The number of aryl methyl sites for hydroxylation is 2. The van der Waals surface area contributed by atoms with Gasteiger partial charge in [-0.1, -0.05) is 0 Å². The van der Waals surface area contributed by atoms with E-state index in [9.17, 15) is 14.4 Å². The molecule has 2 N–H and O–H groups in total. The van der Waals surface area contributed by atoms with Crippen molar-refractivity contribution in [2.45, 2.75) is 26.3 Å². The molecule has 3 amide bonds. The summed E-state index contributed by atoms with van der Waals surface area (Å²) in [6.07, 6.45) is 1.43. The number of imide groups is 1. The molecule has 2 aromatic heterocycles. The highest BCUT2D eigenvalue weighted by atomic mass is 16.3. The molecule has 1 saturated heterocycles. The zero-order valence-electron chi connectivity index (χ0n) is 13.1. The minimum Gasteiger partial charge on any atom is -0.466 e. The van der Waals surface area contributed by atoms with Crippen molar-refractivity contribution in [3.05, 3.63) is 47.2 Å². The number of ketones is 1. The van der Waals surface area contributed by atoms with E-state index in [-0.39, 0.29) is 12.3 Å². The number of rotatable bonds is 4. The van der Waals surface area contributed by atoms with Gasteiger partial charge >= 0.3 is 6.03 Å². The van der Waals surface area contributed by atoms with E-state index in [0.29, 0.717) is 17.0 Å². The number of nitrogens with zero attached hydrogens (tertiary/aromatic N) is 1. The van der Waals surface area contributed by atoms with Gasteiger partial charge in [0.25, 0.3) is 5.91 Å². The minimum atomic E-state index is -1.29. The number of nitrogens with one attached hydrogen (secondary N) is 2. The quantitative estimate of drug-likeness (QED) is 0.665. The molecule has 23 heavy (non-hydrogen) atoms. The van der Waals surface area contributed by atoms with Crippen LogP contribution in [0.2, 0.25) is 0 Å². The van der Waals surface area contributed by atoms with Gasteiger partial charge in [0.1, 0.15) is 5.76 Å². The van der Waals surface area contributed by atoms with Gasteiger partial charge in [-0.25, -0.2) is 4.79 Å². The molecule has 2 aromatic rings. The van der Waals surface area contributed by atoms with Crippen molar-refractivity contribution in [3.63, 3.8) is 0 Å². The first kappa shape index (κ1) is 15.1. The van der Waals surface area contributed by atoms with E-state index >= 15 is 0 Å². The van der Waals surface area contributed by atoms with Crippen LogP contribution in [-0.4, -0.2) is 34.2 Å². The molecule has 7 heteroatoms. The Bertz CT molecular complexity index is 790. The number of amides is 3. The van der Waals surface area contributed by atoms with E-state index in [1.165, 1.54) is 6.26 Å². The Morgan fingerprint density at radius 1 is 1.35 bits per heavy atom. The van der Waals surface area contributed by atoms with Crippen LogP contribution in [0.3, 0.4) is 0 Å². The van der Waals surface area contributed by atoms with Crippen LogP contribution in [0.4, 0.5) is 4.79 Å². The third-order valence-electron chi connectivity index (χ3n) is 4.04. The summed E-state index contributed by atoms with van der Waals surface area (Å²) in [5.41, 5.74) is 0.760. The highest BCUT2D eigenvalue weighted by Crippen LogP contribution is 2.29. The van der Waals surface area contributed by atoms with Crippen LogP contribution in [0.15, 0.2) is 28.9 Å². The van der Waals surface area contributed by atoms with Crippen LogP contribution < -0.4 is 5.32 Å². The third-order valence-corrected chi connectivity index (χ3v) is 4.04. The zero-order chi connectivity index (χ0) is 16.8. The van der Waals surface area contributed by atoms with Gasteiger partial charge in [-0.3, -0.25) is 14.5 Å². The summed E-state index contributed by atoms with van der Waals surface area (Å²) in [6.45, 7) is 4.87. The molecule has 0 saturated carbocycles. The Balaban J connectivity index is 1.84. The monoisotopic (exact) mass is 315 g/mol. The average Bonchev–Trinajstić information content (AvgIpc) is 3.16. The Labute approximate surface area is 132 Å². The maximum Gasteiger partial charge on any atom is 0.325 e. The van der Waals surface area contributed by atoms with Gasteiger partial charge in [0.2, 0.25) is 0 Å². The van der Waals surface area contributed by atoms with Crippen molar-refractivity contribution < 1.29 is 18.8 Å². The lowest BCUT2D eigenvalue weighted by molar-refractivity contribution is -0.131. The maximum atomic E-state index is 12.6. The van der Waals surface area contributed by atoms with Gasteiger partial charge in [0, 0.05) is 17.0 Å². The first-order valence-electron chi connectivity index (χ1n) is 7.20. The van der Waals surface area contributed by atoms with Crippen LogP contribution in [0, 0.1) is 13.8 Å². The molecule has 1 aliphatic rings. The van der Waals surface area contributed by atoms with E-state index in [1.807, 2.05) is 6.92 Å². The molecule has 0 radical (unpaired) electrons. The lowest BCUT2D eigenvalue weighted by Gasteiger charge is -2.18. The number of aromatic nitrogens is 1. The second-order valence-corrected chi connectivity index (χ2v) is 5.84.